The maximum atomic E-state index is 11.7. The smallest absolute Gasteiger partial charge is 0.253 e. The molecular formula is C15H23NO4. The first-order valence-electron chi connectivity index (χ1n) is 7.19. The maximum absolute atomic E-state index is 11.7. The number of ether oxygens (including phenoxy) is 1. The molecule has 1 aliphatic rings. The number of methoxy groups -OCH3 is 1. The molecule has 0 fully saturated rings. The molecule has 0 saturated heterocycles. The van der Waals surface area contributed by atoms with E-state index in [1.807, 2.05) is 0 Å². The van der Waals surface area contributed by atoms with Crippen molar-refractivity contribution in [1.29, 1.82) is 0 Å². The Balaban J connectivity index is 2.01. The molecule has 0 N–H and O–H groups in total. The van der Waals surface area contributed by atoms with E-state index in [0.717, 1.165) is 43.6 Å². The van der Waals surface area contributed by atoms with Gasteiger partial charge in [-0.3, -0.25) is 19.3 Å². The molecule has 1 heterocycles. The number of rotatable bonds is 11. The molecule has 0 aromatic rings. The van der Waals surface area contributed by atoms with Gasteiger partial charge in [0.05, 0.1) is 0 Å². The number of carbonyl (C=O) groups excluding carboxylic acids is 3. The second-order valence-corrected chi connectivity index (χ2v) is 4.96. The molecule has 0 atom stereocenters. The van der Waals surface area contributed by atoms with Gasteiger partial charge < -0.3 is 4.74 Å². The standard InChI is InChI=1S/C15H23NO4/c1-20-12-6-4-2-3-5-7-13(17)10-11-16-14(18)8-9-15(16)19/h8-9H,2-7,10-12H2,1H3. The van der Waals surface area contributed by atoms with Crippen LogP contribution in [0, 0.1) is 0 Å². The zero-order valence-corrected chi connectivity index (χ0v) is 12.1. The number of hydrogen-bond acceptors (Lipinski definition) is 4. The number of ketones is 1. The summed E-state index contributed by atoms with van der Waals surface area (Å²) in [6.07, 6.45) is 8.52. The molecule has 112 valence electrons. The Bertz CT molecular complexity index is 358. The first-order chi connectivity index (χ1) is 9.65. The van der Waals surface area contributed by atoms with Gasteiger partial charge in [-0.2, -0.15) is 0 Å². The van der Waals surface area contributed by atoms with Crippen LogP contribution >= 0.6 is 0 Å². The molecule has 1 aliphatic heterocycles. The minimum Gasteiger partial charge on any atom is -0.385 e. The lowest BCUT2D eigenvalue weighted by atomic mass is 10.1. The third-order valence-electron chi connectivity index (χ3n) is 3.32. The van der Waals surface area contributed by atoms with Crippen molar-refractivity contribution in [3.63, 3.8) is 0 Å². The second kappa shape index (κ2) is 9.42. The zero-order valence-electron chi connectivity index (χ0n) is 12.1. The van der Waals surface area contributed by atoms with Gasteiger partial charge in [-0.15, -0.1) is 0 Å². The largest absolute Gasteiger partial charge is 0.385 e. The van der Waals surface area contributed by atoms with Crippen LogP contribution in [0.25, 0.3) is 0 Å². The molecule has 0 aromatic heterocycles. The summed E-state index contributed by atoms with van der Waals surface area (Å²) in [7, 11) is 1.70. The fourth-order valence-corrected chi connectivity index (χ4v) is 2.11. The van der Waals surface area contributed by atoms with E-state index in [4.69, 9.17) is 4.74 Å². The second-order valence-electron chi connectivity index (χ2n) is 4.96. The van der Waals surface area contributed by atoms with Gasteiger partial charge in [0.25, 0.3) is 11.8 Å². The SMILES string of the molecule is COCCCCCCCC(=O)CCN1C(=O)C=CC1=O. The topological polar surface area (TPSA) is 63.7 Å². The lowest BCUT2D eigenvalue weighted by molar-refractivity contribution is -0.137. The van der Waals surface area contributed by atoms with Gasteiger partial charge in [0.15, 0.2) is 0 Å². The van der Waals surface area contributed by atoms with Crippen LogP contribution in [0.5, 0.6) is 0 Å². The number of imide groups is 1. The molecule has 1 rings (SSSR count). The quantitative estimate of drug-likeness (QED) is 0.428. The lowest BCUT2D eigenvalue weighted by Crippen LogP contribution is -2.32. The number of unbranched alkanes of at least 4 members (excludes halogenated alkanes) is 4. The number of carbonyl (C=O) groups is 3. The highest BCUT2D eigenvalue weighted by Gasteiger charge is 2.23. The molecular weight excluding hydrogens is 258 g/mol. The van der Waals surface area contributed by atoms with Gasteiger partial charge in [0, 0.05) is 45.3 Å². The van der Waals surface area contributed by atoms with Gasteiger partial charge in [0.2, 0.25) is 0 Å². The first-order valence-corrected chi connectivity index (χ1v) is 7.19. The van der Waals surface area contributed by atoms with Crippen molar-refractivity contribution in [1.82, 2.24) is 4.90 Å². The highest BCUT2D eigenvalue weighted by Crippen LogP contribution is 2.09. The number of nitrogens with zero attached hydrogens (tertiary/aromatic N) is 1. The maximum Gasteiger partial charge on any atom is 0.253 e. The summed E-state index contributed by atoms with van der Waals surface area (Å²) in [5.41, 5.74) is 0. The molecule has 0 aliphatic carbocycles. The van der Waals surface area contributed by atoms with Crippen molar-refractivity contribution in [2.75, 3.05) is 20.3 Å². The van der Waals surface area contributed by atoms with Gasteiger partial charge >= 0.3 is 0 Å². The number of hydrogen-bond donors (Lipinski definition) is 0. The fourth-order valence-electron chi connectivity index (χ4n) is 2.11. The Kier molecular flexibility index (Phi) is 7.80. The molecule has 0 aromatic carbocycles. The molecule has 20 heavy (non-hydrogen) atoms. The van der Waals surface area contributed by atoms with Crippen LogP contribution in [-0.2, 0) is 19.1 Å². The van der Waals surface area contributed by atoms with E-state index in [0.29, 0.717) is 6.42 Å². The van der Waals surface area contributed by atoms with Crippen LogP contribution in [0.4, 0.5) is 0 Å². The van der Waals surface area contributed by atoms with E-state index < -0.39 is 0 Å². The highest BCUT2D eigenvalue weighted by molar-refractivity contribution is 6.13. The van der Waals surface area contributed by atoms with E-state index in [1.54, 1.807) is 7.11 Å². The van der Waals surface area contributed by atoms with Gasteiger partial charge in [-0.25, -0.2) is 0 Å². The number of amides is 2. The van der Waals surface area contributed by atoms with Crippen LogP contribution in [0.1, 0.15) is 44.9 Å². The summed E-state index contributed by atoms with van der Waals surface area (Å²) in [6, 6.07) is 0. The Hall–Kier alpha value is -1.49. The van der Waals surface area contributed by atoms with Crippen molar-refractivity contribution in [2.24, 2.45) is 0 Å². The molecule has 0 saturated carbocycles. The molecule has 0 bridgehead atoms. The summed E-state index contributed by atoms with van der Waals surface area (Å²) in [4.78, 5) is 35.3. The monoisotopic (exact) mass is 281 g/mol. The average molecular weight is 281 g/mol. The van der Waals surface area contributed by atoms with Crippen molar-refractivity contribution in [3.05, 3.63) is 12.2 Å². The summed E-state index contributed by atoms with van der Waals surface area (Å²) >= 11 is 0. The van der Waals surface area contributed by atoms with Gasteiger partial charge in [-0.05, 0) is 12.8 Å². The van der Waals surface area contributed by atoms with Gasteiger partial charge in [0.1, 0.15) is 5.78 Å². The van der Waals surface area contributed by atoms with E-state index in [2.05, 4.69) is 0 Å². The van der Waals surface area contributed by atoms with Crippen molar-refractivity contribution < 1.29 is 19.1 Å². The summed E-state index contributed by atoms with van der Waals surface area (Å²) in [5.74, 6) is -0.517. The Morgan fingerprint density at radius 3 is 2.25 bits per heavy atom. The highest BCUT2D eigenvalue weighted by atomic mass is 16.5. The third kappa shape index (κ3) is 6.10. The van der Waals surface area contributed by atoms with E-state index >= 15 is 0 Å². The summed E-state index contributed by atoms with van der Waals surface area (Å²) in [5, 5.41) is 0. The predicted octanol–water partition coefficient (Wildman–Crippen LogP) is 1.86. The van der Waals surface area contributed by atoms with Crippen LogP contribution in [-0.4, -0.2) is 42.8 Å². The molecule has 5 nitrogen and oxygen atoms in total. The minimum atomic E-state index is -0.319. The van der Waals surface area contributed by atoms with E-state index in [1.165, 1.54) is 12.2 Å². The van der Waals surface area contributed by atoms with Crippen LogP contribution in [0.2, 0.25) is 0 Å². The molecule has 0 radical (unpaired) electrons. The number of Topliss-reactive ketones (excluding diaryl/α,β-unsaturated/α-hetero) is 1. The zero-order chi connectivity index (χ0) is 14.8. The van der Waals surface area contributed by atoms with E-state index in [9.17, 15) is 14.4 Å². The average Bonchev–Trinajstić information content (AvgIpc) is 2.75. The summed E-state index contributed by atoms with van der Waals surface area (Å²) < 4.78 is 4.97. The first kappa shape index (κ1) is 16.6. The van der Waals surface area contributed by atoms with Crippen molar-refractivity contribution >= 4 is 17.6 Å². The normalized spacial score (nSPS) is 14.3. The van der Waals surface area contributed by atoms with Crippen LogP contribution in [0.3, 0.4) is 0 Å². The summed E-state index contributed by atoms with van der Waals surface area (Å²) in [6.45, 7) is 1.00. The third-order valence-corrected chi connectivity index (χ3v) is 3.32. The van der Waals surface area contributed by atoms with Crippen LogP contribution in [0.15, 0.2) is 12.2 Å². The Morgan fingerprint density at radius 1 is 1.00 bits per heavy atom. The predicted molar refractivity (Wildman–Crippen MR) is 75.1 cm³/mol. The Morgan fingerprint density at radius 2 is 1.60 bits per heavy atom. The Labute approximate surface area is 120 Å². The molecule has 0 spiro atoms. The minimum absolute atomic E-state index is 0.120. The van der Waals surface area contributed by atoms with Crippen molar-refractivity contribution in [3.8, 4) is 0 Å². The van der Waals surface area contributed by atoms with Crippen molar-refractivity contribution in [2.45, 2.75) is 44.9 Å². The molecule has 0 unspecified atom stereocenters. The van der Waals surface area contributed by atoms with Crippen LogP contribution < -0.4 is 0 Å². The van der Waals surface area contributed by atoms with E-state index in [-0.39, 0.29) is 30.6 Å². The lowest BCUT2D eigenvalue weighted by Gasteiger charge is -2.12. The fraction of sp³-hybridized carbons (Fsp3) is 0.667. The van der Waals surface area contributed by atoms with Gasteiger partial charge in [-0.1, -0.05) is 19.3 Å². The molecule has 5 heteroatoms. The molecule has 2 amide bonds.